The molecule has 0 spiro atoms. The van der Waals surface area contributed by atoms with Crippen LogP contribution in [-0.2, 0) is 0 Å². The molecule has 4 rings (SSSR count). The number of unbranched alkanes of at least 4 members (excludes halogenated alkanes) is 10. The first-order chi connectivity index (χ1) is 18.3. The van der Waals surface area contributed by atoms with Crippen LogP contribution in [-0.4, -0.2) is 36.1 Å². The van der Waals surface area contributed by atoms with E-state index in [9.17, 15) is 0 Å². The molecule has 1 aromatic carbocycles. The monoisotopic (exact) mass is 604 g/mol. The van der Waals surface area contributed by atoms with E-state index >= 15 is 0 Å². The van der Waals surface area contributed by atoms with Gasteiger partial charge in [-0.1, -0.05) is 13.8 Å². The molecular formula is C30H40N2O2S2Se. The zero-order valence-corrected chi connectivity index (χ0v) is 25.6. The third-order valence-corrected chi connectivity index (χ3v) is 9.53. The molecule has 0 aliphatic carbocycles. The van der Waals surface area contributed by atoms with Gasteiger partial charge in [0.25, 0.3) is 0 Å². The normalized spacial score (nSPS) is 11.4. The summed E-state index contributed by atoms with van der Waals surface area (Å²) in [7, 11) is 0. The number of nitrogens with zero attached hydrogens (tertiary/aromatic N) is 2. The molecule has 200 valence electrons. The molecule has 3 aromatic heterocycles. The van der Waals surface area contributed by atoms with Gasteiger partial charge in [0, 0.05) is 0 Å². The quantitative estimate of drug-likeness (QED) is 0.0839. The van der Waals surface area contributed by atoms with Crippen LogP contribution in [0.1, 0.15) is 90.9 Å². The van der Waals surface area contributed by atoms with E-state index in [1.807, 2.05) is 0 Å². The van der Waals surface area contributed by atoms with Crippen molar-refractivity contribution in [3.05, 3.63) is 35.0 Å². The van der Waals surface area contributed by atoms with E-state index in [-0.39, 0.29) is 15.0 Å². The number of rotatable bonds is 18. The molecule has 0 unspecified atom stereocenters. The summed E-state index contributed by atoms with van der Waals surface area (Å²) in [5.41, 5.74) is 4.10. The van der Waals surface area contributed by atoms with Crippen LogP contribution in [0.4, 0.5) is 0 Å². The Bertz CT molecular complexity index is 1080. The maximum atomic E-state index is 6.66. The Kier molecular flexibility index (Phi) is 12.0. The first-order valence-electron chi connectivity index (χ1n) is 14.0. The zero-order valence-electron chi connectivity index (χ0n) is 22.3. The summed E-state index contributed by atoms with van der Waals surface area (Å²) in [5.74, 6) is 1.72. The Labute approximate surface area is 236 Å². The second-order valence-electron chi connectivity index (χ2n) is 9.56. The standard InChI is InChI=1S/C30H40N2O2S2Se/c1-3-5-7-9-11-13-19-33-29-25(23-17-15-21-35-23)27-28(32-37-31-27)26(24-18-16-22-36-24)30(29)34-20-14-12-10-8-6-4-2/h15-18,21-22H,3-14,19-20H2,1-2H3. The molecule has 0 atom stereocenters. The van der Waals surface area contributed by atoms with E-state index in [0.717, 1.165) is 46.5 Å². The van der Waals surface area contributed by atoms with Crippen LogP contribution in [0, 0.1) is 0 Å². The Morgan fingerprint density at radius 3 is 1.46 bits per heavy atom. The van der Waals surface area contributed by atoms with Crippen LogP contribution in [0.25, 0.3) is 31.9 Å². The van der Waals surface area contributed by atoms with Gasteiger partial charge in [-0.05, 0) is 0 Å². The minimum absolute atomic E-state index is 0.144. The summed E-state index contributed by atoms with van der Waals surface area (Å²) in [4.78, 5) is 2.35. The number of fused-ring (bicyclic) bond motifs is 1. The van der Waals surface area contributed by atoms with Gasteiger partial charge in [-0.25, -0.2) is 0 Å². The van der Waals surface area contributed by atoms with E-state index in [1.54, 1.807) is 22.7 Å². The second kappa shape index (κ2) is 15.7. The van der Waals surface area contributed by atoms with E-state index in [0.29, 0.717) is 13.2 Å². The molecule has 0 amide bonds. The van der Waals surface area contributed by atoms with Crippen LogP contribution in [0.15, 0.2) is 35.0 Å². The molecule has 0 N–H and O–H groups in total. The summed E-state index contributed by atoms with van der Waals surface area (Å²) < 4.78 is 23.2. The van der Waals surface area contributed by atoms with Gasteiger partial charge in [-0.15, -0.1) is 0 Å². The molecule has 0 aliphatic rings. The van der Waals surface area contributed by atoms with Gasteiger partial charge in [-0.3, -0.25) is 0 Å². The maximum absolute atomic E-state index is 6.66. The van der Waals surface area contributed by atoms with Crippen molar-refractivity contribution < 1.29 is 9.47 Å². The number of hydrogen-bond acceptors (Lipinski definition) is 6. The fourth-order valence-electron chi connectivity index (χ4n) is 4.65. The summed E-state index contributed by atoms with van der Waals surface area (Å²) in [6, 6.07) is 8.54. The molecule has 0 saturated heterocycles. The third-order valence-electron chi connectivity index (χ3n) is 6.65. The van der Waals surface area contributed by atoms with E-state index < -0.39 is 0 Å². The average molecular weight is 604 g/mol. The van der Waals surface area contributed by atoms with Crippen LogP contribution in [0.5, 0.6) is 11.5 Å². The van der Waals surface area contributed by atoms with Gasteiger partial charge in [0.15, 0.2) is 0 Å². The Morgan fingerprint density at radius 2 is 1.05 bits per heavy atom. The number of thiophene rings is 2. The van der Waals surface area contributed by atoms with Gasteiger partial charge in [0.05, 0.1) is 0 Å². The van der Waals surface area contributed by atoms with E-state index in [4.69, 9.17) is 17.4 Å². The predicted octanol–water partition coefficient (Wildman–Crippen LogP) is 9.62. The van der Waals surface area contributed by atoms with Crippen molar-refractivity contribution in [3.63, 3.8) is 0 Å². The predicted molar refractivity (Wildman–Crippen MR) is 161 cm³/mol. The Hall–Kier alpha value is -1.66. The third kappa shape index (κ3) is 7.69. The first kappa shape index (κ1) is 28.4. The summed E-state index contributed by atoms with van der Waals surface area (Å²) >= 11 is 3.32. The van der Waals surface area contributed by atoms with Crippen molar-refractivity contribution in [1.29, 1.82) is 0 Å². The molecule has 0 saturated carbocycles. The number of benzene rings is 1. The summed E-state index contributed by atoms with van der Waals surface area (Å²) in [5, 5.41) is 4.25. The van der Waals surface area contributed by atoms with Crippen LogP contribution < -0.4 is 9.47 Å². The number of hydrogen-bond donors (Lipinski definition) is 0. The van der Waals surface area contributed by atoms with Crippen molar-refractivity contribution in [2.24, 2.45) is 0 Å². The van der Waals surface area contributed by atoms with Gasteiger partial charge in [0.2, 0.25) is 0 Å². The van der Waals surface area contributed by atoms with Crippen LogP contribution in [0.3, 0.4) is 0 Å². The second-order valence-corrected chi connectivity index (χ2v) is 12.6. The summed E-state index contributed by atoms with van der Waals surface area (Å²) in [6.45, 7) is 5.92. The molecule has 0 aliphatic heterocycles. The fraction of sp³-hybridized carbons (Fsp3) is 0.533. The van der Waals surface area contributed by atoms with E-state index in [2.05, 4.69) is 48.9 Å². The van der Waals surface area contributed by atoms with Crippen molar-refractivity contribution in [2.75, 3.05) is 13.2 Å². The molecule has 4 aromatic rings. The van der Waals surface area contributed by atoms with Crippen molar-refractivity contribution in [2.45, 2.75) is 90.9 Å². The van der Waals surface area contributed by atoms with Crippen molar-refractivity contribution in [1.82, 2.24) is 7.96 Å². The topological polar surface area (TPSA) is 44.2 Å². The molecule has 37 heavy (non-hydrogen) atoms. The summed E-state index contributed by atoms with van der Waals surface area (Å²) in [6.07, 6.45) is 14.9. The van der Waals surface area contributed by atoms with Gasteiger partial charge >= 0.3 is 224 Å². The molecule has 0 radical (unpaired) electrons. The van der Waals surface area contributed by atoms with Gasteiger partial charge in [0.1, 0.15) is 0 Å². The Balaban J connectivity index is 1.65. The molecule has 0 bridgehead atoms. The van der Waals surface area contributed by atoms with Crippen LogP contribution >= 0.6 is 22.7 Å². The van der Waals surface area contributed by atoms with Gasteiger partial charge < -0.3 is 0 Å². The zero-order chi connectivity index (χ0) is 25.7. The Morgan fingerprint density at radius 1 is 0.622 bits per heavy atom. The average Bonchev–Trinajstić information content (AvgIpc) is 3.70. The van der Waals surface area contributed by atoms with Crippen LogP contribution in [0.2, 0.25) is 0 Å². The molecule has 7 heteroatoms. The molecule has 0 fully saturated rings. The molecule has 4 nitrogen and oxygen atoms in total. The number of aromatic nitrogens is 2. The molecular weight excluding hydrogens is 563 g/mol. The first-order valence-corrected chi connectivity index (χ1v) is 17.3. The van der Waals surface area contributed by atoms with Crippen molar-refractivity contribution in [3.8, 4) is 32.4 Å². The molecule has 3 heterocycles. The number of ether oxygens (including phenoxy) is 2. The SMILES string of the molecule is CCCCCCCCOc1c(OCCCCCCCC)c(-c2cccs2)c2n[se]nc2c1-c1cccs1. The fourth-order valence-corrected chi connectivity index (χ4v) is 7.36. The van der Waals surface area contributed by atoms with E-state index in [1.165, 1.54) is 74.0 Å². The van der Waals surface area contributed by atoms with Gasteiger partial charge in [-0.2, -0.15) is 0 Å². The van der Waals surface area contributed by atoms with Crippen molar-refractivity contribution >= 4 is 48.7 Å². The minimum atomic E-state index is -0.144.